The summed E-state index contributed by atoms with van der Waals surface area (Å²) >= 11 is 0. The van der Waals surface area contributed by atoms with Crippen LogP contribution in [0.3, 0.4) is 0 Å². The van der Waals surface area contributed by atoms with Gasteiger partial charge < -0.3 is 20.0 Å². The second kappa shape index (κ2) is 12.6. The van der Waals surface area contributed by atoms with Gasteiger partial charge in [-0.2, -0.15) is 0 Å². The van der Waals surface area contributed by atoms with E-state index < -0.39 is 52.3 Å². The van der Waals surface area contributed by atoms with Gasteiger partial charge in [-0.3, -0.25) is 20.2 Å². The lowest BCUT2D eigenvalue weighted by molar-refractivity contribution is -0.386. The third-order valence-corrected chi connectivity index (χ3v) is 7.47. The molecule has 0 spiro atoms. The van der Waals surface area contributed by atoms with Crippen molar-refractivity contribution in [3.05, 3.63) is 44.5 Å². The first-order valence-electron chi connectivity index (χ1n) is 12.2. The Morgan fingerprint density at radius 1 is 0.676 bits per heavy atom. The van der Waals surface area contributed by atoms with E-state index in [-0.39, 0.29) is 11.4 Å². The normalized spacial score (nSPS) is 11.4. The van der Waals surface area contributed by atoms with Crippen LogP contribution in [-0.4, -0.2) is 54.7 Å². The van der Waals surface area contributed by atoms with Crippen molar-refractivity contribution in [2.45, 2.75) is 63.2 Å². The number of phenolic OH excluding ortho intramolecular Hbond substituents is 2. The van der Waals surface area contributed by atoms with Crippen molar-refractivity contribution in [3.8, 4) is 11.5 Å². The van der Waals surface area contributed by atoms with Gasteiger partial charge in [-0.15, -0.1) is 0 Å². The van der Waals surface area contributed by atoms with Gasteiger partial charge in [0.15, 0.2) is 0 Å². The van der Waals surface area contributed by atoms with Gasteiger partial charge in [0, 0.05) is 38.3 Å². The van der Waals surface area contributed by atoms with E-state index in [4.69, 9.17) is 0 Å². The molecule has 0 atom stereocenters. The van der Waals surface area contributed by atoms with Crippen molar-refractivity contribution in [1.29, 1.82) is 0 Å². The van der Waals surface area contributed by atoms with Crippen molar-refractivity contribution in [1.82, 2.24) is 0 Å². The molecule has 0 fully saturated rings. The zero-order valence-electron chi connectivity index (χ0n) is 21.5. The SMILES string of the molecule is CCCN(CCC)c1cc(S(=O)(=O)c2cc(N(CCC)CCC)c(O)c([N+](=O)[O-])c2)cc([N+](=O)[O-])c1O. The summed E-state index contributed by atoms with van der Waals surface area (Å²) in [6.45, 7) is 9.18. The maximum absolute atomic E-state index is 13.7. The minimum Gasteiger partial charge on any atom is -0.501 e. The monoisotopic (exact) mass is 538 g/mol. The summed E-state index contributed by atoms with van der Waals surface area (Å²) in [5.74, 6) is -1.31. The molecule has 13 heteroatoms. The lowest BCUT2D eigenvalue weighted by Gasteiger charge is -2.26. The Hall–Kier alpha value is -3.61. The second-order valence-electron chi connectivity index (χ2n) is 8.61. The molecule has 0 unspecified atom stereocenters. The van der Waals surface area contributed by atoms with Gasteiger partial charge in [0.1, 0.15) is 0 Å². The average Bonchev–Trinajstić information content (AvgIpc) is 2.83. The fourth-order valence-electron chi connectivity index (χ4n) is 4.15. The number of sulfone groups is 1. The van der Waals surface area contributed by atoms with E-state index in [1.807, 2.05) is 27.7 Å². The fraction of sp³-hybridized carbons (Fsp3) is 0.500. The highest BCUT2D eigenvalue weighted by Crippen LogP contribution is 2.43. The van der Waals surface area contributed by atoms with Gasteiger partial charge in [-0.05, 0) is 37.8 Å². The molecule has 0 aliphatic carbocycles. The van der Waals surface area contributed by atoms with Gasteiger partial charge in [-0.25, -0.2) is 8.42 Å². The smallest absolute Gasteiger partial charge is 0.314 e. The average molecular weight is 539 g/mol. The molecule has 0 aliphatic heterocycles. The molecule has 2 rings (SSSR count). The van der Waals surface area contributed by atoms with E-state index in [0.717, 1.165) is 24.3 Å². The van der Waals surface area contributed by atoms with Crippen LogP contribution in [0.25, 0.3) is 0 Å². The topological polar surface area (TPSA) is 167 Å². The molecule has 0 heterocycles. The number of hydrogen-bond acceptors (Lipinski definition) is 10. The highest BCUT2D eigenvalue weighted by Gasteiger charge is 2.32. The molecular weight excluding hydrogens is 504 g/mol. The van der Waals surface area contributed by atoms with E-state index in [1.54, 1.807) is 9.80 Å². The summed E-state index contributed by atoms with van der Waals surface area (Å²) in [7, 11) is -4.54. The Balaban J connectivity index is 2.87. The summed E-state index contributed by atoms with van der Waals surface area (Å²) in [4.78, 5) is 24.0. The molecule has 37 heavy (non-hydrogen) atoms. The first kappa shape index (κ1) is 29.6. The quantitative estimate of drug-likeness (QED) is 0.247. The van der Waals surface area contributed by atoms with E-state index in [2.05, 4.69) is 0 Å². The van der Waals surface area contributed by atoms with Gasteiger partial charge in [0.05, 0.1) is 31.0 Å². The van der Waals surface area contributed by atoms with Crippen molar-refractivity contribution in [3.63, 3.8) is 0 Å². The minimum atomic E-state index is -4.54. The lowest BCUT2D eigenvalue weighted by atomic mass is 10.2. The number of nitro groups is 2. The molecule has 0 saturated heterocycles. The van der Waals surface area contributed by atoms with Crippen molar-refractivity contribution in [2.75, 3.05) is 36.0 Å². The number of anilines is 2. The van der Waals surface area contributed by atoms with E-state index in [9.17, 15) is 38.9 Å². The fourth-order valence-corrected chi connectivity index (χ4v) is 5.49. The predicted molar refractivity (Wildman–Crippen MR) is 141 cm³/mol. The Morgan fingerprint density at radius 3 is 1.22 bits per heavy atom. The van der Waals surface area contributed by atoms with Crippen LogP contribution in [0, 0.1) is 20.2 Å². The van der Waals surface area contributed by atoms with Crippen LogP contribution in [0.1, 0.15) is 53.4 Å². The zero-order chi connectivity index (χ0) is 27.9. The van der Waals surface area contributed by atoms with Crippen molar-refractivity contribution < 1.29 is 28.5 Å². The molecule has 12 nitrogen and oxygen atoms in total. The van der Waals surface area contributed by atoms with Crippen molar-refractivity contribution in [2.24, 2.45) is 0 Å². The first-order valence-corrected chi connectivity index (χ1v) is 13.7. The van der Waals surface area contributed by atoms with Gasteiger partial charge >= 0.3 is 11.4 Å². The van der Waals surface area contributed by atoms with E-state index in [1.165, 1.54) is 0 Å². The van der Waals surface area contributed by atoms with Crippen LogP contribution >= 0.6 is 0 Å². The van der Waals surface area contributed by atoms with Gasteiger partial charge in [0.25, 0.3) is 0 Å². The second-order valence-corrected chi connectivity index (χ2v) is 10.6. The lowest BCUT2D eigenvalue weighted by Crippen LogP contribution is -2.26. The molecule has 0 aliphatic rings. The number of phenols is 2. The predicted octanol–water partition coefficient (Wildman–Crippen LogP) is 5.00. The van der Waals surface area contributed by atoms with Crippen molar-refractivity contribution >= 4 is 32.6 Å². The molecule has 2 aromatic rings. The summed E-state index contributed by atoms with van der Waals surface area (Å²) < 4.78 is 27.5. The van der Waals surface area contributed by atoms with Crippen LogP contribution in [0.5, 0.6) is 11.5 Å². The third kappa shape index (κ3) is 6.40. The molecule has 0 radical (unpaired) electrons. The first-order chi connectivity index (χ1) is 17.4. The Bertz CT molecular complexity index is 1150. The summed E-state index contributed by atoms with van der Waals surface area (Å²) in [5.41, 5.74) is -1.60. The molecule has 0 amide bonds. The number of nitrogens with zero attached hydrogens (tertiary/aromatic N) is 4. The van der Waals surface area contributed by atoms with Gasteiger partial charge in [-0.1, -0.05) is 27.7 Å². The van der Waals surface area contributed by atoms with Crippen LogP contribution in [0.2, 0.25) is 0 Å². The highest BCUT2D eigenvalue weighted by atomic mass is 32.2. The van der Waals surface area contributed by atoms with Crippen LogP contribution < -0.4 is 9.80 Å². The Labute approximate surface area is 216 Å². The standard InChI is InChI=1S/C24H34N4O8S/c1-5-9-25(10-6-2)19-13-17(15-21(23(19)29)27(31)32)37(35,36)18-14-20(26(11-7-3)12-8-4)24(30)22(16-18)28(33)34/h13-16,29-30H,5-12H2,1-4H3. The van der Waals surface area contributed by atoms with Crippen LogP contribution in [-0.2, 0) is 9.84 Å². The van der Waals surface area contributed by atoms with Gasteiger partial charge in [0.2, 0.25) is 21.3 Å². The Morgan fingerprint density at radius 2 is 0.973 bits per heavy atom. The van der Waals surface area contributed by atoms with Crippen LogP contribution in [0.4, 0.5) is 22.7 Å². The number of rotatable bonds is 14. The maximum atomic E-state index is 13.7. The zero-order valence-corrected chi connectivity index (χ0v) is 22.3. The highest BCUT2D eigenvalue weighted by molar-refractivity contribution is 7.91. The summed E-state index contributed by atoms with van der Waals surface area (Å²) in [5, 5.41) is 44.7. The third-order valence-electron chi connectivity index (χ3n) is 5.76. The molecular formula is C24H34N4O8S. The maximum Gasteiger partial charge on any atom is 0.314 e. The van der Waals surface area contributed by atoms with E-state index in [0.29, 0.717) is 51.9 Å². The molecule has 0 aromatic heterocycles. The van der Waals surface area contributed by atoms with E-state index >= 15 is 0 Å². The Kier molecular flexibility index (Phi) is 10.1. The minimum absolute atomic E-state index is 0.0106. The van der Waals surface area contributed by atoms with Crippen LogP contribution in [0.15, 0.2) is 34.1 Å². The molecule has 2 aromatic carbocycles. The molecule has 2 N–H and O–H groups in total. The number of benzene rings is 2. The molecule has 0 bridgehead atoms. The summed E-state index contributed by atoms with van der Waals surface area (Å²) in [6, 6.07) is 3.80. The summed E-state index contributed by atoms with van der Waals surface area (Å²) in [6.07, 6.45) is 2.57. The number of nitro benzene ring substituents is 2. The number of hydrogen-bond donors (Lipinski definition) is 2. The molecule has 204 valence electrons. The molecule has 0 saturated carbocycles. The number of aromatic hydroxyl groups is 2. The largest absolute Gasteiger partial charge is 0.501 e.